The first-order chi connectivity index (χ1) is 16.5. The van der Waals surface area contributed by atoms with Gasteiger partial charge in [-0.05, 0) is 41.5 Å². The van der Waals surface area contributed by atoms with Crippen molar-refractivity contribution < 1.29 is 24.2 Å². The van der Waals surface area contributed by atoms with Gasteiger partial charge in [0, 0.05) is 11.8 Å². The topological polar surface area (TPSA) is 105 Å². The third kappa shape index (κ3) is 5.14. The fourth-order valence-electron chi connectivity index (χ4n) is 4.84. The van der Waals surface area contributed by atoms with E-state index < -0.39 is 24.0 Å². The van der Waals surface area contributed by atoms with Crippen LogP contribution in [0.5, 0.6) is 0 Å². The van der Waals surface area contributed by atoms with Crippen LogP contribution in [0.4, 0.5) is 4.79 Å². The number of ether oxygens (including phenoxy) is 1. The van der Waals surface area contributed by atoms with Crippen LogP contribution < -0.4 is 10.6 Å². The van der Waals surface area contributed by atoms with Gasteiger partial charge in [0.15, 0.2) is 0 Å². The van der Waals surface area contributed by atoms with Crippen molar-refractivity contribution in [2.45, 2.75) is 50.6 Å². The number of hydrogen-bond donors (Lipinski definition) is 3. The van der Waals surface area contributed by atoms with Crippen molar-refractivity contribution in [3.05, 3.63) is 71.8 Å². The fourth-order valence-corrected chi connectivity index (χ4v) is 4.84. The number of carboxylic acid groups (broad SMARTS) is 1. The number of benzene rings is 2. The molecule has 0 spiro atoms. The first-order valence-electron chi connectivity index (χ1n) is 11.8. The van der Waals surface area contributed by atoms with Gasteiger partial charge < -0.3 is 20.5 Å². The molecular formula is C27H30N2O5. The smallest absolute Gasteiger partial charge is 0.407 e. The van der Waals surface area contributed by atoms with Crippen molar-refractivity contribution in [1.29, 1.82) is 0 Å². The molecule has 1 unspecified atom stereocenters. The quantitative estimate of drug-likeness (QED) is 0.509. The minimum absolute atomic E-state index is 0.0231. The Labute approximate surface area is 199 Å². The summed E-state index contributed by atoms with van der Waals surface area (Å²) in [4.78, 5) is 36.5. The van der Waals surface area contributed by atoms with Crippen LogP contribution in [0.15, 0.2) is 60.7 Å². The van der Waals surface area contributed by atoms with Crippen molar-refractivity contribution in [2.75, 3.05) is 6.61 Å². The van der Waals surface area contributed by atoms with Crippen LogP contribution in [0, 0.1) is 5.92 Å². The van der Waals surface area contributed by atoms with Crippen LogP contribution in [0.25, 0.3) is 11.1 Å². The summed E-state index contributed by atoms with van der Waals surface area (Å²) in [5, 5.41) is 14.8. The number of fused-ring (bicyclic) bond motifs is 3. The largest absolute Gasteiger partial charge is 0.480 e. The Morgan fingerprint density at radius 3 is 2.32 bits per heavy atom. The highest BCUT2D eigenvalue weighted by atomic mass is 16.5. The molecule has 178 valence electrons. The molecule has 0 saturated heterocycles. The second-order valence-electron chi connectivity index (χ2n) is 8.86. The highest BCUT2D eigenvalue weighted by Gasteiger charge is 2.31. The van der Waals surface area contributed by atoms with Gasteiger partial charge in [0.1, 0.15) is 12.6 Å². The molecule has 2 aromatic rings. The summed E-state index contributed by atoms with van der Waals surface area (Å²) in [7, 11) is 0. The Morgan fingerprint density at radius 2 is 1.71 bits per heavy atom. The van der Waals surface area contributed by atoms with E-state index in [2.05, 4.69) is 34.9 Å². The predicted octanol–water partition coefficient (Wildman–Crippen LogP) is 4.23. The maximum atomic E-state index is 12.6. The lowest BCUT2D eigenvalue weighted by Gasteiger charge is -2.26. The molecule has 0 aromatic heterocycles. The number of rotatable bonds is 8. The molecule has 0 bridgehead atoms. The maximum absolute atomic E-state index is 12.6. The third-order valence-corrected chi connectivity index (χ3v) is 6.54. The van der Waals surface area contributed by atoms with Crippen LogP contribution in [0.3, 0.4) is 0 Å². The molecule has 3 N–H and O–H groups in total. The summed E-state index contributed by atoms with van der Waals surface area (Å²) in [6.07, 6.45) is 5.10. The SMILES string of the molecule is CCCC(NC(=O)[C@@H]1CC=C[C@@H](NC(=O)OCC2c3ccccc3-c3ccccc32)C1)C(=O)O. The standard InChI is InChI=1S/C27H30N2O5/c1-2-8-24(26(31)32)29-25(30)17-9-7-10-18(15-17)28-27(33)34-16-23-21-13-5-3-11-19(21)20-12-4-6-14-22(20)23/h3-7,10-14,17-18,23-24H,2,8-9,15-16H2,1H3,(H,28,33)(H,29,30)(H,31,32)/t17-,18-,24?/m1/s1. The summed E-state index contributed by atoms with van der Waals surface area (Å²) in [5.41, 5.74) is 4.62. The molecule has 0 heterocycles. The second-order valence-corrected chi connectivity index (χ2v) is 8.86. The van der Waals surface area contributed by atoms with Gasteiger partial charge in [-0.3, -0.25) is 4.79 Å². The maximum Gasteiger partial charge on any atom is 0.407 e. The number of amides is 2. The molecule has 0 fully saturated rings. The summed E-state index contributed by atoms with van der Waals surface area (Å²) in [5.74, 6) is -1.76. The minimum atomic E-state index is -1.03. The van der Waals surface area contributed by atoms with E-state index in [1.807, 2.05) is 43.3 Å². The van der Waals surface area contributed by atoms with E-state index in [-0.39, 0.29) is 24.5 Å². The molecule has 7 heteroatoms. The van der Waals surface area contributed by atoms with Crippen LogP contribution in [0.2, 0.25) is 0 Å². The molecule has 2 amide bonds. The molecule has 2 aromatic carbocycles. The number of alkyl carbamates (subject to hydrolysis) is 1. The van der Waals surface area contributed by atoms with E-state index in [4.69, 9.17) is 4.74 Å². The van der Waals surface area contributed by atoms with E-state index in [1.165, 1.54) is 11.1 Å². The summed E-state index contributed by atoms with van der Waals surface area (Å²) >= 11 is 0. The Hall–Kier alpha value is -3.61. The highest BCUT2D eigenvalue weighted by Crippen LogP contribution is 2.44. The Balaban J connectivity index is 1.32. The molecule has 4 rings (SSSR count). The molecule has 2 aliphatic carbocycles. The first kappa shape index (κ1) is 23.5. The van der Waals surface area contributed by atoms with Crippen LogP contribution in [-0.2, 0) is 14.3 Å². The Morgan fingerprint density at radius 1 is 1.06 bits per heavy atom. The number of carbonyl (C=O) groups excluding carboxylic acids is 2. The van der Waals surface area contributed by atoms with E-state index >= 15 is 0 Å². The number of carbonyl (C=O) groups is 3. The predicted molar refractivity (Wildman–Crippen MR) is 128 cm³/mol. The Kier molecular flexibility index (Phi) is 7.30. The first-order valence-corrected chi connectivity index (χ1v) is 11.8. The zero-order valence-corrected chi connectivity index (χ0v) is 19.2. The van der Waals surface area contributed by atoms with Crippen LogP contribution in [-0.4, -0.2) is 41.8 Å². The number of allylic oxidation sites excluding steroid dienone is 1. The van der Waals surface area contributed by atoms with Crippen molar-refractivity contribution >= 4 is 18.0 Å². The van der Waals surface area contributed by atoms with Gasteiger partial charge in [-0.1, -0.05) is 74.0 Å². The molecule has 0 aliphatic heterocycles. The fraction of sp³-hybridized carbons (Fsp3) is 0.370. The molecule has 2 aliphatic rings. The molecule has 7 nitrogen and oxygen atoms in total. The van der Waals surface area contributed by atoms with Gasteiger partial charge >= 0.3 is 12.1 Å². The van der Waals surface area contributed by atoms with Crippen molar-refractivity contribution in [3.8, 4) is 11.1 Å². The highest BCUT2D eigenvalue weighted by molar-refractivity contribution is 5.85. The van der Waals surface area contributed by atoms with Crippen molar-refractivity contribution in [1.82, 2.24) is 10.6 Å². The van der Waals surface area contributed by atoms with Gasteiger partial charge in [-0.2, -0.15) is 0 Å². The zero-order chi connectivity index (χ0) is 24.1. The van der Waals surface area contributed by atoms with Gasteiger partial charge in [-0.15, -0.1) is 0 Å². The zero-order valence-electron chi connectivity index (χ0n) is 19.2. The normalized spacial score (nSPS) is 19.6. The molecule has 0 radical (unpaired) electrons. The van der Waals surface area contributed by atoms with E-state index in [0.717, 1.165) is 11.1 Å². The number of nitrogens with one attached hydrogen (secondary N) is 2. The third-order valence-electron chi connectivity index (χ3n) is 6.54. The average molecular weight is 463 g/mol. The minimum Gasteiger partial charge on any atom is -0.480 e. The monoisotopic (exact) mass is 462 g/mol. The number of hydrogen-bond acceptors (Lipinski definition) is 4. The molecule has 3 atom stereocenters. The summed E-state index contributed by atoms with van der Waals surface area (Å²) in [6.45, 7) is 2.09. The summed E-state index contributed by atoms with van der Waals surface area (Å²) in [6, 6.07) is 15.1. The van der Waals surface area contributed by atoms with Gasteiger partial charge in [0.2, 0.25) is 5.91 Å². The van der Waals surface area contributed by atoms with Crippen molar-refractivity contribution in [3.63, 3.8) is 0 Å². The molecule has 34 heavy (non-hydrogen) atoms. The average Bonchev–Trinajstić information content (AvgIpc) is 3.16. The van der Waals surface area contributed by atoms with E-state index in [1.54, 1.807) is 0 Å². The van der Waals surface area contributed by atoms with Gasteiger partial charge in [0.25, 0.3) is 0 Å². The van der Waals surface area contributed by atoms with E-state index in [9.17, 15) is 19.5 Å². The molecule has 0 saturated carbocycles. The second kappa shape index (κ2) is 10.5. The van der Waals surface area contributed by atoms with Gasteiger partial charge in [-0.25, -0.2) is 9.59 Å². The molecular weight excluding hydrogens is 432 g/mol. The number of aliphatic carboxylic acids is 1. The van der Waals surface area contributed by atoms with Gasteiger partial charge in [0.05, 0.1) is 6.04 Å². The van der Waals surface area contributed by atoms with Crippen molar-refractivity contribution in [2.24, 2.45) is 5.92 Å². The number of carboxylic acids is 1. The van der Waals surface area contributed by atoms with Crippen LogP contribution >= 0.6 is 0 Å². The van der Waals surface area contributed by atoms with Crippen LogP contribution in [0.1, 0.15) is 49.7 Å². The summed E-state index contributed by atoms with van der Waals surface area (Å²) < 4.78 is 5.60. The lowest BCUT2D eigenvalue weighted by atomic mass is 9.90. The lowest BCUT2D eigenvalue weighted by Crippen LogP contribution is -2.46. The van der Waals surface area contributed by atoms with E-state index in [0.29, 0.717) is 25.7 Å². The lowest BCUT2D eigenvalue weighted by molar-refractivity contribution is -0.142. The Bertz CT molecular complexity index is 1050.